The van der Waals surface area contributed by atoms with Crippen LogP contribution in [0.5, 0.6) is 5.75 Å². The first kappa shape index (κ1) is 22.3. The van der Waals surface area contributed by atoms with Gasteiger partial charge in [-0.15, -0.1) is 0 Å². The van der Waals surface area contributed by atoms with Crippen molar-refractivity contribution in [2.45, 2.75) is 45.7 Å². The summed E-state index contributed by atoms with van der Waals surface area (Å²) in [6, 6.07) is 7.98. The third-order valence-corrected chi connectivity index (χ3v) is 5.69. The van der Waals surface area contributed by atoms with Crippen molar-refractivity contribution in [2.75, 3.05) is 44.9 Å². The Balaban J connectivity index is 1.62. The lowest BCUT2D eigenvalue weighted by atomic mass is 10.0. The minimum Gasteiger partial charge on any atom is -0.497 e. The highest BCUT2D eigenvalue weighted by Crippen LogP contribution is 2.28. The average molecular weight is 440 g/mol. The fourth-order valence-electron chi connectivity index (χ4n) is 4.06. The van der Waals surface area contributed by atoms with Crippen molar-refractivity contribution in [3.05, 3.63) is 46.9 Å². The molecule has 172 valence electrons. The number of nitrogens with one attached hydrogen (secondary N) is 1. The number of nitrogens with zero attached hydrogens (tertiary/aromatic N) is 4. The van der Waals surface area contributed by atoms with E-state index >= 15 is 0 Å². The van der Waals surface area contributed by atoms with Gasteiger partial charge in [-0.3, -0.25) is 0 Å². The molecular formula is C24H33N5O3. The van der Waals surface area contributed by atoms with Gasteiger partial charge in [0.2, 0.25) is 0 Å². The molecule has 0 radical (unpaired) electrons. The zero-order valence-corrected chi connectivity index (χ0v) is 19.5. The Morgan fingerprint density at radius 2 is 1.84 bits per heavy atom. The van der Waals surface area contributed by atoms with Crippen molar-refractivity contribution in [1.82, 2.24) is 20.2 Å². The molecule has 1 saturated heterocycles. The highest BCUT2D eigenvalue weighted by Gasteiger charge is 2.29. The van der Waals surface area contributed by atoms with Crippen molar-refractivity contribution >= 4 is 11.8 Å². The van der Waals surface area contributed by atoms with Gasteiger partial charge in [-0.25, -0.2) is 14.8 Å². The van der Waals surface area contributed by atoms with Gasteiger partial charge < -0.3 is 24.6 Å². The second kappa shape index (κ2) is 9.32. The summed E-state index contributed by atoms with van der Waals surface area (Å²) >= 11 is 0. The Labute approximate surface area is 189 Å². The van der Waals surface area contributed by atoms with Crippen molar-refractivity contribution in [2.24, 2.45) is 0 Å². The summed E-state index contributed by atoms with van der Waals surface area (Å²) in [7, 11) is 1.67. The summed E-state index contributed by atoms with van der Waals surface area (Å²) in [5, 5.41) is 3.07. The summed E-state index contributed by atoms with van der Waals surface area (Å²) in [5.74, 6) is 2.58. The molecule has 32 heavy (non-hydrogen) atoms. The summed E-state index contributed by atoms with van der Waals surface area (Å²) in [5.41, 5.74) is 2.97. The van der Waals surface area contributed by atoms with E-state index in [9.17, 15) is 4.79 Å². The minimum absolute atomic E-state index is 0.0432. The van der Waals surface area contributed by atoms with Gasteiger partial charge in [-0.1, -0.05) is 12.1 Å². The Kier molecular flexibility index (Phi) is 6.50. The molecule has 8 heteroatoms. The first-order valence-electron chi connectivity index (χ1n) is 11.2. The SMILES string of the molecule is COc1ccc(Cc2nc3c(c(N4CCOCC4)n2)CN(C(=O)NC(C)(C)C)CC3)cc1. The molecule has 8 nitrogen and oxygen atoms in total. The highest BCUT2D eigenvalue weighted by atomic mass is 16.5. The molecule has 0 atom stereocenters. The molecule has 2 amide bonds. The normalized spacial score (nSPS) is 16.5. The number of carbonyl (C=O) groups excluding carboxylic acids is 1. The van der Waals surface area contributed by atoms with Gasteiger partial charge in [-0.2, -0.15) is 0 Å². The Hall–Kier alpha value is -2.87. The number of rotatable bonds is 4. The number of aromatic nitrogens is 2. The van der Waals surface area contributed by atoms with Gasteiger partial charge in [0.25, 0.3) is 0 Å². The van der Waals surface area contributed by atoms with Crippen LogP contribution in [0.2, 0.25) is 0 Å². The molecule has 0 spiro atoms. The number of hydrogen-bond donors (Lipinski definition) is 1. The van der Waals surface area contributed by atoms with Gasteiger partial charge in [0, 0.05) is 43.6 Å². The quantitative estimate of drug-likeness (QED) is 0.789. The molecule has 2 aromatic rings. The third-order valence-electron chi connectivity index (χ3n) is 5.69. The maximum atomic E-state index is 12.8. The molecule has 2 aliphatic heterocycles. The van der Waals surface area contributed by atoms with Gasteiger partial charge in [0.1, 0.15) is 17.4 Å². The van der Waals surface area contributed by atoms with Gasteiger partial charge >= 0.3 is 6.03 Å². The Morgan fingerprint density at radius 1 is 1.12 bits per heavy atom. The monoisotopic (exact) mass is 439 g/mol. The molecule has 0 unspecified atom stereocenters. The highest BCUT2D eigenvalue weighted by molar-refractivity contribution is 5.75. The Morgan fingerprint density at radius 3 is 2.50 bits per heavy atom. The van der Waals surface area contributed by atoms with E-state index in [1.54, 1.807) is 7.11 Å². The minimum atomic E-state index is -0.275. The van der Waals surface area contributed by atoms with Gasteiger partial charge in [0.05, 0.1) is 32.6 Å². The fraction of sp³-hybridized carbons (Fsp3) is 0.542. The zero-order valence-electron chi connectivity index (χ0n) is 19.5. The van der Waals surface area contributed by atoms with Gasteiger partial charge in [-0.05, 0) is 38.5 Å². The van der Waals surface area contributed by atoms with E-state index in [1.807, 2.05) is 37.8 Å². The lowest BCUT2D eigenvalue weighted by Gasteiger charge is -2.35. The predicted octanol–water partition coefficient (Wildman–Crippen LogP) is 2.78. The number of anilines is 1. The lowest BCUT2D eigenvalue weighted by molar-refractivity contribution is 0.122. The number of ether oxygens (including phenoxy) is 2. The molecule has 1 aromatic carbocycles. The predicted molar refractivity (Wildman–Crippen MR) is 123 cm³/mol. The number of carbonyl (C=O) groups is 1. The first-order valence-corrected chi connectivity index (χ1v) is 11.2. The van der Waals surface area contributed by atoms with E-state index in [0.717, 1.165) is 53.7 Å². The fourth-order valence-corrected chi connectivity index (χ4v) is 4.06. The van der Waals surface area contributed by atoms with Crippen LogP contribution in [-0.4, -0.2) is 66.4 Å². The maximum Gasteiger partial charge on any atom is 0.318 e. The number of hydrogen-bond acceptors (Lipinski definition) is 6. The average Bonchev–Trinajstić information content (AvgIpc) is 2.78. The Bertz CT molecular complexity index is 949. The molecule has 1 N–H and O–H groups in total. The van der Waals surface area contributed by atoms with Crippen LogP contribution in [0.25, 0.3) is 0 Å². The third kappa shape index (κ3) is 5.30. The molecule has 4 rings (SSSR count). The smallest absolute Gasteiger partial charge is 0.318 e. The van der Waals surface area contributed by atoms with E-state index in [0.29, 0.717) is 32.7 Å². The summed E-state index contributed by atoms with van der Waals surface area (Å²) in [4.78, 5) is 26.8. The number of urea groups is 1. The van der Waals surface area contributed by atoms with E-state index in [-0.39, 0.29) is 11.6 Å². The molecule has 1 aromatic heterocycles. The van der Waals surface area contributed by atoms with Crippen LogP contribution < -0.4 is 15.0 Å². The zero-order chi connectivity index (χ0) is 22.7. The van der Waals surface area contributed by atoms with E-state index in [1.165, 1.54) is 0 Å². The van der Waals surface area contributed by atoms with Crippen LogP contribution in [-0.2, 0) is 24.1 Å². The number of morpholine rings is 1. The van der Waals surface area contributed by atoms with E-state index in [4.69, 9.17) is 19.4 Å². The molecule has 2 aliphatic rings. The van der Waals surface area contributed by atoms with Crippen molar-refractivity contribution in [3.63, 3.8) is 0 Å². The van der Waals surface area contributed by atoms with Gasteiger partial charge in [0.15, 0.2) is 0 Å². The number of methoxy groups -OCH3 is 1. The standard InChI is InChI=1S/C24H33N5O3/c1-24(2,3)27-23(30)29-10-9-20-19(16-29)22(28-11-13-32-14-12-28)26-21(25-20)15-17-5-7-18(31-4)8-6-17/h5-8H,9-16H2,1-4H3,(H,27,30). The largest absolute Gasteiger partial charge is 0.497 e. The molecule has 0 aliphatic carbocycles. The van der Waals surface area contributed by atoms with E-state index in [2.05, 4.69) is 22.3 Å². The van der Waals surface area contributed by atoms with Crippen LogP contribution in [0.1, 0.15) is 43.4 Å². The topological polar surface area (TPSA) is 79.8 Å². The molecular weight excluding hydrogens is 406 g/mol. The summed E-state index contributed by atoms with van der Waals surface area (Å²) in [6.07, 6.45) is 1.38. The lowest BCUT2D eigenvalue weighted by Crippen LogP contribution is -2.50. The number of fused-ring (bicyclic) bond motifs is 1. The summed E-state index contributed by atoms with van der Waals surface area (Å²) < 4.78 is 10.8. The second-order valence-electron chi connectivity index (χ2n) is 9.36. The number of amides is 2. The summed E-state index contributed by atoms with van der Waals surface area (Å²) in [6.45, 7) is 10.1. The first-order chi connectivity index (χ1) is 15.3. The molecule has 0 bridgehead atoms. The van der Waals surface area contributed by atoms with Crippen LogP contribution in [0.15, 0.2) is 24.3 Å². The molecule has 0 saturated carbocycles. The molecule has 3 heterocycles. The maximum absolute atomic E-state index is 12.8. The van der Waals surface area contributed by atoms with Crippen molar-refractivity contribution in [1.29, 1.82) is 0 Å². The van der Waals surface area contributed by atoms with E-state index < -0.39 is 0 Å². The van der Waals surface area contributed by atoms with Crippen molar-refractivity contribution < 1.29 is 14.3 Å². The second-order valence-corrected chi connectivity index (χ2v) is 9.36. The molecule has 1 fully saturated rings. The van der Waals surface area contributed by atoms with Crippen LogP contribution in [0.3, 0.4) is 0 Å². The number of benzene rings is 1. The van der Waals surface area contributed by atoms with Crippen LogP contribution >= 0.6 is 0 Å². The van der Waals surface area contributed by atoms with Crippen molar-refractivity contribution in [3.8, 4) is 5.75 Å². The van der Waals surface area contributed by atoms with Crippen LogP contribution in [0.4, 0.5) is 10.6 Å². The van der Waals surface area contributed by atoms with Crippen LogP contribution in [0, 0.1) is 0 Å².